The van der Waals surface area contributed by atoms with Crippen LogP contribution in [0.4, 0.5) is 10.5 Å². The largest absolute Gasteiger partial charge is 0.442 e. The highest BCUT2D eigenvalue weighted by Gasteiger charge is 2.32. The van der Waals surface area contributed by atoms with Crippen molar-refractivity contribution in [3.8, 4) is 0 Å². The van der Waals surface area contributed by atoms with Crippen LogP contribution in [0.25, 0.3) is 0 Å². The van der Waals surface area contributed by atoms with E-state index >= 15 is 0 Å². The molecule has 1 heterocycles. The smallest absolute Gasteiger partial charge is 0.436 e. The summed E-state index contributed by atoms with van der Waals surface area (Å²) in [7, 11) is 0. The van der Waals surface area contributed by atoms with Crippen molar-refractivity contribution in [1.82, 2.24) is 5.06 Å². The van der Waals surface area contributed by atoms with Gasteiger partial charge in [0.25, 0.3) is 5.91 Å². The number of rotatable bonds is 1. The SMILES string of the molecule is CC(C)(C)OC(=O)N1CN(c2ccccc2)C(=O)CO1. The van der Waals surface area contributed by atoms with Crippen LogP contribution in [0.1, 0.15) is 20.8 Å². The van der Waals surface area contributed by atoms with E-state index in [2.05, 4.69) is 0 Å². The maximum atomic E-state index is 11.9. The van der Waals surface area contributed by atoms with Gasteiger partial charge in [-0.25, -0.2) is 4.79 Å². The molecule has 0 spiro atoms. The summed E-state index contributed by atoms with van der Waals surface area (Å²) in [6.45, 7) is 5.14. The number of anilines is 1. The van der Waals surface area contributed by atoms with Gasteiger partial charge in [-0.1, -0.05) is 18.2 Å². The molecule has 1 aromatic carbocycles. The van der Waals surface area contributed by atoms with Crippen molar-refractivity contribution in [1.29, 1.82) is 0 Å². The molecule has 0 radical (unpaired) electrons. The normalized spacial score (nSPS) is 16.2. The molecule has 6 heteroatoms. The average molecular weight is 278 g/mol. The summed E-state index contributed by atoms with van der Waals surface area (Å²) in [4.78, 5) is 30.4. The molecule has 20 heavy (non-hydrogen) atoms. The molecule has 0 N–H and O–H groups in total. The lowest BCUT2D eigenvalue weighted by Gasteiger charge is -2.35. The summed E-state index contributed by atoms with van der Waals surface area (Å²) in [5.74, 6) is -0.198. The third-order valence-electron chi connectivity index (χ3n) is 2.58. The Kier molecular flexibility index (Phi) is 3.94. The van der Waals surface area contributed by atoms with Crippen LogP contribution in [-0.4, -0.2) is 35.9 Å². The van der Waals surface area contributed by atoms with Crippen LogP contribution in [0.5, 0.6) is 0 Å². The minimum Gasteiger partial charge on any atom is -0.442 e. The molecule has 0 aliphatic carbocycles. The maximum Gasteiger partial charge on any atom is 0.436 e. The summed E-state index contributed by atoms with van der Waals surface area (Å²) in [5.41, 5.74) is 0.105. The van der Waals surface area contributed by atoms with Gasteiger partial charge >= 0.3 is 6.09 Å². The van der Waals surface area contributed by atoms with Crippen molar-refractivity contribution in [3.63, 3.8) is 0 Å². The zero-order valence-electron chi connectivity index (χ0n) is 11.8. The molecule has 2 amide bonds. The van der Waals surface area contributed by atoms with Crippen LogP contribution in [0, 0.1) is 0 Å². The van der Waals surface area contributed by atoms with Crippen LogP contribution < -0.4 is 4.90 Å². The van der Waals surface area contributed by atoms with E-state index in [1.165, 1.54) is 4.90 Å². The monoisotopic (exact) mass is 278 g/mol. The van der Waals surface area contributed by atoms with Gasteiger partial charge in [-0.2, -0.15) is 5.06 Å². The second-order valence-corrected chi connectivity index (χ2v) is 5.43. The van der Waals surface area contributed by atoms with Gasteiger partial charge in [-0.15, -0.1) is 0 Å². The number of nitrogens with zero attached hydrogens (tertiary/aromatic N) is 2. The third kappa shape index (κ3) is 3.48. The number of hydrogen-bond acceptors (Lipinski definition) is 4. The molecule has 0 aromatic heterocycles. The third-order valence-corrected chi connectivity index (χ3v) is 2.58. The highest BCUT2D eigenvalue weighted by molar-refractivity contribution is 5.95. The molecule has 0 atom stereocenters. The highest BCUT2D eigenvalue weighted by atomic mass is 16.7. The molecule has 0 saturated carbocycles. The lowest BCUT2D eigenvalue weighted by atomic mass is 10.2. The van der Waals surface area contributed by atoms with Gasteiger partial charge in [0.05, 0.1) is 0 Å². The molecule has 6 nitrogen and oxygen atoms in total. The first-order valence-electron chi connectivity index (χ1n) is 6.36. The van der Waals surface area contributed by atoms with Crippen molar-refractivity contribution in [3.05, 3.63) is 30.3 Å². The first-order chi connectivity index (χ1) is 9.37. The van der Waals surface area contributed by atoms with Gasteiger partial charge in [0.2, 0.25) is 0 Å². The molecule has 0 bridgehead atoms. The first-order valence-corrected chi connectivity index (χ1v) is 6.36. The average Bonchev–Trinajstić information content (AvgIpc) is 2.38. The summed E-state index contributed by atoms with van der Waals surface area (Å²) < 4.78 is 5.22. The summed E-state index contributed by atoms with van der Waals surface area (Å²) in [5, 5.41) is 1.06. The zero-order chi connectivity index (χ0) is 14.8. The predicted molar refractivity (Wildman–Crippen MR) is 72.8 cm³/mol. The fourth-order valence-corrected chi connectivity index (χ4v) is 1.72. The Hall–Kier alpha value is -2.08. The second-order valence-electron chi connectivity index (χ2n) is 5.43. The Morgan fingerprint density at radius 2 is 1.90 bits per heavy atom. The van der Waals surface area contributed by atoms with E-state index in [9.17, 15) is 9.59 Å². The molecular weight excluding hydrogens is 260 g/mol. The van der Waals surface area contributed by atoms with Gasteiger partial charge in [0, 0.05) is 5.69 Å². The van der Waals surface area contributed by atoms with Crippen molar-refractivity contribution in [2.75, 3.05) is 18.2 Å². The van der Waals surface area contributed by atoms with Crippen LogP contribution in [0.2, 0.25) is 0 Å². The summed E-state index contributed by atoms with van der Waals surface area (Å²) >= 11 is 0. The van der Waals surface area contributed by atoms with Gasteiger partial charge < -0.3 is 4.74 Å². The van der Waals surface area contributed by atoms with Crippen LogP contribution in [0.3, 0.4) is 0 Å². The van der Waals surface area contributed by atoms with E-state index in [0.29, 0.717) is 5.69 Å². The minimum absolute atomic E-state index is 0.0117. The Balaban J connectivity index is 2.09. The van der Waals surface area contributed by atoms with E-state index in [1.54, 1.807) is 32.9 Å². The Morgan fingerprint density at radius 1 is 1.25 bits per heavy atom. The maximum absolute atomic E-state index is 11.9. The van der Waals surface area contributed by atoms with E-state index in [4.69, 9.17) is 9.57 Å². The molecular formula is C14H18N2O4. The van der Waals surface area contributed by atoms with E-state index in [-0.39, 0.29) is 19.2 Å². The molecule has 1 aliphatic heterocycles. The van der Waals surface area contributed by atoms with Crippen molar-refractivity contribution in [2.45, 2.75) is 26.4 Å². The van der Waals surface area contributed by atoms with Crippen LogP contribution in [0.15, 0.2) is 30.3 Å². The number of carbonyl (C=O) groups excluding carboxylic acids is 2. The standard InChI is InChI=1S/C14H18N2O4/c1-14(2,3)20-13(18)16-10-15(12(17)9-19-16)11-7-5-4-6-8-11/h4-8H,9-10H2,1-3H3. The fraction of sp³-hybridized carbons (Fsp3) is 0.429. The van der Waals surface area contributed by atoms with Gasteiger partial charge in [-0.3, -0.25) is 14.5 Å². The molecule has 1 aromatic rings. The number of carbonyl (C=O) groups is 2. The van der Waals surface area contributed by atoms with Crippen LogP contribution >= 0.6 is 0 Å². The van der Waals surface area contributed by atoms with Crippen molar-refractivity contribution >= 4 is 17.7 Å². The van der Waals surface area contributed by atoms with Gasteiger partial charge in [-0.05, 0) is 32.9 Å². The molecule has 2 rings (SSSR count). The quantitative estimate of drug-likeness (QED) is 0.790. The number of benzene rings is 1. The molecule has 1 aliphatic rings. The summed E-state index contributed by atoms with van der Waals surface area (Å²) in [6, 6.07) is 9.12. The van der Waals surface area contributed by atoms with E-state index < -0.39 is 11.7 Å². The fourth-order valence-electron chi connectivity index (χ4n) is 1.72. The van der Waals surface area contributed by atoms with Crippen molar-refractivity contribution < 1.29 is 19.2 Å². The number of para-hydroxylation sites is 1. The van der Waals surface area contributed by atoms with Gasteiger partial charge in [0.15, 0.2) is 6.61 Å². The Bertz CT molecular complexity index is 496. The number of ether oxygens (including phenoxy) is 1. The van der Waals surface area contributed by atoms with Crippen LogP contribution in [-0.2, 0) is 14.4 Å². The first kappa shape index (κ1) is 14.3. The Labute approximate surface area is 117 Å². The van der Waals surface area contributed by atoms with E-state index in [1.807, 2.05) is 18.2 Å². The minimum atomic E-state index is -0.612. The number of amides is 2. The number of hydroxylamine groups is 2. The Morgan fingerprint density at radius 3 is 2.50 bits per heavy atom. The highest BCUT2D eigenvalue weighted by Crippen LogP contribution is 2.19. The van der Waals surface area contributed by atoms with Crippen molar-refractivity contribution in [2.24, 2.45) is 0 Å². The van der Waals surface area contributed by atoms with E-state index in [0.717, 1.165) is 5.06 Å². The second kappa shape index (κ2) is 5.50. The number of hydrogen-bond donors (Lipinski definition) is 0. The predicted octanol–water partition coefficient (Wildman–Crippen LogP) is 2.16. The molecule has 108 valence electrons. The molecule has 1 saturated heterocycles. The molecule has 0 unspecified atom stereocenters. The molecule has 1 fully saturated rings. The topological polar surface area (TPSA) is 59.1 Å². The van der Waals surface area contributed by atoms with Gasteiger partial charge in [0.1, 0.15) is 12.3 Å². The zero-order valence-corrected chi connectivity index (χ0v) is 11.8. The summed E-state index contributed by atoms with van der Waals surface area (Å²) in [6.07, 6.45) is -0.606. The lowest BCUT2D eigenvalue weighted by molar-refractivity contribution is -0.174. The lowest BCUT2D eigenvalue weighted by Crippen LogP contribution is -2.52.